The summed E-state index contributed by atoms with van der Waals surface area (Å²) in [5.41, 5.74) is 6.98. The first-order valence-corrected chi connectivity index (χ1v) is 22.6. The van der Waals surface area contributed by atoms with Crippen LogP contribution in [0.3, 0.4) is 0 Å². The Kier molecular flexibility index (Phi) is 19.5. The summed E-state index contributed by atoms with van der Waals surface area (Å²) >= 11 is 35.2. The molecule has 0 unspecified atom stereocenters. The second-order valence-corrected chi connectivity index (χ2v) is 17.8. The van der Waals surface area contributed by atoms with E-state index in [-0.39, 0.29) is 68.5 Å². The number of H-pyrrole nitrogens is 2. The van der Waals surface area contributed by atoms with Crippen molar-refractivity contribution in [3.63, 3.8) is 0 Å². The maximum absolute atomic E-state index is 12.9. The first kappa shape index (κ1) is 52.3. The molecule has 0 spiro atoms. The van der Waals surface area contributed by atoms with Crippen LogP contribution in [-0.4, -0.2) is 95.7 Å². The fourth-order valence-electron chi connectivity index (χ4n) is 4.67. The fourth-order valence-corrected chi connectivity index (χ4v) is 7.88. The largest absolute Gasteiger partial charge is 0.384 e. The molecule has 0 aliphatic carbocycles. The quantitative estimate of drug-likeness (QED) is 0.0299. The molecule has 0 bridgehead atoms. The highest BCUT2D eigenvalue weighted by Gasteiger charge is 2.23. The molecule has 65 heavy (non-hydrogen) atoms. The maximum atomic E-state index is 12.9. The van der Waals surface area contributed by atoms with Gasteiger partial charge in [0.1, 0.15) is 23.7 Å². The average molecular weight is 1060 g/mol. The van der Waals surface area contributed by atoms with E-state index in [1.165, 1.54) is 88.6 Å². The Balaban J connectivity index is 0.000000227. The highest BCUT2D eigenvalue weighted by molar-refractivity contribution is 7.93. The number of ether oxygens (including phenoxy) is 3. The van der Waals surface area contributed by atoms with Crippen molar-refractivity contribution in [1.29, 1.82) is 0 Å². The number of carbonyl (C=O) groups excluding carboxylic acids is 1. The number of rotatable bonds is 12. The van der Waals surface area contributed by atoms with Crippen molar-refractivity contribution < 1.29 is 35.8 Å². The van der Waals surface area contributed by atoms with Crippen LogP contribution in [0.2, 0.25) is 30.1 Å². The van der Waals surface area contributed by atoms with E-state index < -0.39 is 32.4 Å². The molecule has 0 saturated carbocycles. The standard InChI is InChI=1S/C16H10Cl3N7O2S.C12H9Cl3N4O3S.C4H10O3.C3H5N3/c17-9-5-13(25-29(27,28)10-1-2-11(18)12(19)6-10)15(20-7-9)16-24-22-8-26(16)14-3-4-21-23-14;13-6-3-10(11(17-5-6)12(20)18-16)19-23(21,22)7-1-2-8(14)9(15)4-7;1-5-4(6-2)7-3;4-3-1-2-5-6-3/h1-8,25H,(H,21,23);1-5,19H,16H2,(H,18,20);4H,1-3H3;1-2H,(H3,4,5,6). The zero-order valence-corrected chi connectivity index (χ0v) is 39.5. The number of benzene rings is 2. The number of hydrogen-bond donors (Lipinski definition) is 7. The van der Waals surface area contributed by atoms with Crippen molar-refractivity contribution in [1.82, 2.24) is 50.6 Å². The van der Waals surface area contributed by atoms with Gasteiger partial charge in [-0.05, 0) is 54.6 Å². The number of anilines is 3. The molecule has 9 N–H and O–H groups in total. The molecular weight excluding hydrogens is 1020 g/mol. The molecule has 7 rings (SSSR count). The third-order valence-corrected chi connectivity index (χ3v) is 12.2. The zero-order valence-electron chi connectivity index (χ0n) is 33.4. The van der Waals surface area contributed by atoms with Crippen LogP contribution in [-0.2, 0) is 34.3 Å². The van der Waals surface area contributed by atoms with Crippen molar-refractivity contribution in [2.75, 3.05) is 36.5 Å². The van der Waals surface area contributed by atoms with E-state index in [1.807, 2.05) is 5.43 Å². The predicted molar refractivity (Wildman–Crippen MR) is 245 cm³/mol. The van der Waals surface area contributed by atoms with Gasteiger partial charge in [0, 0.05) is 39.8 Å². The zero-order chi connectivity index (χ0) is 47.9. The molecule has 346 valence electrons. The summed E-state index contributed by atoms with van der Waals surface area (Å²) < 4.78 is 70.6. The second-order valence-electron chi connectivity index (χ2n) is 11.9. The number of hydrazine groups is 1. The Morgan fingerprint density at radius 1 is 0.708 bits per heavy atom. The number of methoxy groups -OCH3 is 3. The van der Waals surface area contributed by atoms with Gasteiger partial charge in [-0.3, -0.25) is 34.4 Å². The number of aromatic amines is 2. The van der Waals surface area contributed by atoms with Crippen molar-refractivity contribution in [3.05, 3.63) is 128 Å². The molecule has 22 nitrogen and oxygen atoms in total. The van der Waals surface area contributed by atoms with Crippen LogP contribution in [0.4, 0.5) is 17.2 Å². The molecule has 0 aliphatic rings. The lowest BCUT2D eigenvalue weighted by atomic mass is 10.3. The van der Waals surface area contributed by atoms with Crippen LogP contribution < -0.4 is 26.4 Å². The van der Waals surface area contributed by atoms with Crippen LogP contribution in [0.15, 0.2) is 102 Å². The van der Waals surface area contributed by atoms with Crippen LogP contribution in [0.1, 0.15) is 10.5 Å². The first-order chi connectivity index (χ1) is 30.8. The van der Waals surface area contributed by atoms with Gasteiger partial charge < -0.3 is 19.9 Å². The minimum Gasteiger partial charge on any atom is -0.384 e. The molecule has 7 aromatic rings. The van der Waals surface area contributed by atoms with E-state index >= 15 is 0 Å². The number of nitrogens with two attached hydrogens (primary N) is 2. The van der Waals surface area contributed by atoms with E-state index in [1.54, 1.807) is 29.1 Å². The van der Waals surface area contributed by atoms with E-state index in [2.05, 4.69) is 64.2 Å². The smallest absolute Gasteiger partial charge is 0.285 e. The summed E-state index contributed by atoms with van der Waals surface area (Å²) in [4.78, 5) is 19.4. The molecule has 5 heterocycles. The van der Waals surface area contributed by atoms with Crippen molar-refractivity contribution in [2.45, 2.75) is 16.3 Å². The lowest BCUT2D eigenvalue weighted by Gasteiger charge is -2.13. The molecule has 30 heteroatoms. The molecule has 0 atom stereocenters. The van der Waals surface area contributed by atoms with Crippen molar-refractivity contribution in [3.8, 4) is 17.3 Å². The fraction of sp³-hybridized carbons (Fsp3) is 0.114. The first-order valence-electron chi connectivity index (χ1n) is 17.3. The number of nitrogen functional groups attached to an aromatic ring is 2. The molecule has 1 amide bonds. The maximum Gasteiger partial charge on any atom is 0.285 e. The minimum atomic E-state index is -4.05. The summed E-state index contributed by atoms with van der Waals surface area (Å²) in [7, 11) is -3.53. The summed E-state index contributed by atoms with van der Waals surface area (Å²) in [6.45, 7) is -0.514. The number of sulfonamides is 2. The number of halogens is 6. The third-order valence-electron chi connectivity index (χ3n) is 7.55. The number of aromatic nitrogens is 9. The lowest BCUT2D eigenvalue weighted by molar-refractivity contribution is -0.252. The van der Waals surface area contributed by atoms with Crippen LogP contribution in [0.25, 0.3) is 17.3 Å². The van der Waals surface area contributed by atoms with Gasteiger partial charge >= 0.3 is 0 Å². The molecule has 0 radical (unpaired) electrons. The van der Waals surface area contributed by atoms with E-state index in [4.69, 9.17) is 81.2 Å². The molecule has 0 saturated heterocycles. The van der Waals surface area contributed by atoms with Gasteiger partial charge in [-0.1, -0.05) is 69.6 Å². The SMILES string of the molecule is COC(OC)OC.NNC(=O)c1ncc(Cl)cc1NS(=O)(=O)c1ccc(Cl)c(Cl)c1.Nc1ccn[nH]1.O=S(=O)(Nc1cc(Cl)cnc1-c1nncn1-c1ccn[nH]1)c1ccc(Cl)c(Cl)c1. The Labute approximate surface area is 400 Å². The summed E-state index contributed by atoms with van der Waals surface area (Å²) in [5.74, 6) is 5.71. The molecular formula is C35H34Cl6N14O8S2. The van der Waals surface area contributed by atoms with Crippen LogP contribution in [0, 0.1) is 0 Å². The Hall–Kier alpha value is -5.35. The Morgan fingerprint density at radius 2 is 1.23 bits per heavy atom. The van der Waals surface area contributed by atoms with Crippen molar-refractivity contribution >= 4 is 113 Å². The number of carbonyl (C=O) groups is 1. The average Bonchev–Trinajstić information content (AvgIpc) is 4.08. The number of nitrogens with zero attached hydrogens (tertiary/aromatic N) is 7. The van der Waals surface area contributed by atoms with Gasteiger partial charge in [-0.2, -0.15) is 10.2 Å². The molecule has 0 fully saturated rings. The highest BCUT2D eigenvalue weighted by atomic mass is 35.5. The van der Waals surface area contributed by atoms with E-state index in [9.17, 15) is 21.6 Å². The molecule has 2 aromatic carbocycles. The van der Waals surface area contributed by atoms with E-state index in [0.717, 1.165) is 0 Å². The van der Waals surface area contributed by atoms with Gasteiger partial charge in [0.15, 0.2) is 11.5 Å². The summed E-state index contributed by atoms with van der Waals surface area (Å²) in [6.07, 6.45) is 7.16. The number of amides is 1. The number of nitrogens with one attached hydrogen (secondary N) is 5. The van der Waals surface area contributed by atoms with Crippen molar-refractivity contribution in [2.24, 2.45) is 5.84 Å². The summed E-state index contributed by atoms with van der Waals surface area (Å²) in [6, 6.07) is 13.8. The van der Waals surface area contributed by atoms with E-state index in [0.29, 0.717) is 11.6 Å². The van der Waals surface area contributed by atoms with Gasteiger partial charge in [0.2, 0.25) is 0 Å². The number of hydrogen-bond acceptors (Lipinski definition) is 16. The highest BCUT2D eigenvalue weighted by Crippen LogP contribution is 2.32. The topological polar surface area (TPSA) is 315 Å². The number of pyridine rings is 2. The van der Waals surface area contributed by atoms with Crippen LogP contribution in [0.5, 0.6) is 0 Å². The van der Waals surface area contributed by atoms with Gasteiger partial charge in [0.05, 0.1) is 63.7 Å². The Morgan fingerprint density at radius 3 is 1.68 bits per heavy atom. The normalized spacial score (nSPS) is 11.0. The molecule has 5 aromatic heterocycles. The van der Waals surface area contributed by atoms with Gasteiger partial charge in [-0.15, -0.1) is 10.2 Å². The molecule has 0 aliphatic heterocycles. The third kappa shape index (κ3) is 14.8. The second kappa shape index (κ2) is 24.3. The minimum absolute atomic E-state index is 0.0682. The lowest BCUT2D eigenvalue weighted by Crippen LogP contribution is -2.31. The summed E-state index contributed by atoms with van der Waals surface area (Å²) in [5, 5.41) is 21.7. The van der Waals surface area contributed by atoms with Crippen LogP contribution >= 0.6 is 69.6 Å². The predicted octanol–water partition coefficient (Wildman–Crippen LogP) is 6.46. The Bertz CT molecular complexity index is 2890. The monoisotopic (exact) mass is 1050 g/mol. The van der Waals surface area contributed by atoms with Gasteiger partial charge in [0.25, 0.3) is 32.4 Å². The van der Waals surface area contributed by atoms with Gasteiger partial charge in [-0.25, -0.2) is 32.6 Å².